The van der Waals surface area contributed by atoms with E-state index in [1.807, 2.05) is 0 Å². The Morgan fingerprint density at radius 2 is 2.43 bits per heavy atom. The van der Waals surface area contributed by atoms with Crippen LogP contribution in [0.4, 0.5) is 5.69 Å². The molecule has 0 aromatic carbocycles. The van der Waals surface area contributed by atoms with Crippen LogP contribution in [0.2, 0.25) is 5.15 Å². The van der Waals surface area contributed by atoms with Gasteiger partial charge in [0.2, 0.25) is 5.15 Å². The van der Waals surface area contributed by atoms with Crippen molar-refractivity contribution < 1.29 is 4.92 Å². The maximum absolute atomic E-state index is 10.7. The van der Waals surface area contributed by atoms with E-state index >= 15 is 0 Å². The first-order valence-electron chi connectivity index (χ1n) is 3.79. The zero-order valence-electron chi connectivity index (χ0n) is 7.36. The van der Waals surface area contributed by atoms with E-state index in [9.17, 15) is 10.1 Å². The van der Waals surface area contributed by atoms with Crippen molar-refractivity contribution in [2.75, 3.05) is 5.75 Å². The van der Waals surface area contributed by atoms with Crippen molar-refractivity contribution >= 4 is 28.0 Å². The van der Waals surface area contributed by atoms with Gasteiger partial charge in [0.05, 0.1) is 4.92 Å². The van der Waals surface area contributed by atoms with Gasteiger partial charge in [-0.25, -0.2) is 4.98 Å². The van der Waals surface area contributed by atoms with Crippen LogP contribution in [0.3, 0.4) is 0 Å². The lowest BCUT2D eigenvalue weighted by molar-refractivity contribution is -0.387. The molecule has 1 aromatic heterocycles. The Kier molecular flexibility index (Phi) is 3.54. The van der Waals surface area contributed by atoms with Gasteiger partial charge < -0.3 is 0 Å². The highest BCUT2D eigenvalue weighted by molar-refractivity contribution is 7.86. The van der Waals surface area contributed by atoms with Gasteiger partial charge in [0, 0.05) is 11.9 Å². The van der Waals surface area contributed by atoms with E-state index in [0.717, 1.165) is 0 Å². The van der Waals surface area contributed by atoms with E-state index in [4.69, 9.17) is 16.4 Å². The van der Waals surface area contributed by atoms with Gasteiger partial charge in [-0.05, 0) is 6.07 Å². The Balaban J connectivity index is 3.35. The fourth-order valence-electron chi connectivity index (χ4n) is 0.932. The molecule has 1 aromatic rings. The lowest BCUT2D eigenvalue weighted by Gasteiger charge is -2.03. The third kappa shape index (κ3) is 2.08. The number of nitrogens with one attached hydrogen (secondary N) is 1. The summed E-state index contributed by atoms with van der Waals surface area (Å²) in [5.74, 6) is 0.529. The van der Waals surface area contributed by atoms with Gasteiger partial charge >= 0.3 is 5.69 Å². The molecule has 0 spiro atoms. The summed E-state index contributed by atoms with van der Waals surface area (Å²) in [4.78, 5) is 14.0. The summed E-state index contributed by atoms with van der Waals surface area (Å²) in [6.45, 7) is 1.80. The predicted molar refractivity (Wildman–Crippen MR) is 54.8 cm³/mol. The van der Waals surface area contributed by atoms with E-state index in [2.05, 4.69) is 4.98 Å². The molecule has 0 aliphatic carbocycles. The minimum atomic E-state index is -0.899. The molecular formula is C7H8ClN3O2S. The summed E-state index contributed by atoms with van der Waals surface area (Å²) < 4.78 is 7.63. The summed E-state index contributed by atoms with van der Waals surface area (Å²) in [6, 6.07) is 1.48. The molecule has 76 valence electrons. The molecule has 0 aliphatic heterocycles. The van der Waals surface area contributed by atoms with Crippen LogP contribution in [-0.2, 0) is 10.7 Å². The number of nitro groups is 1. The van der Waals surface area contributed by atoms with Gasteiger partial charge in [-0.2, -0.15) is 0 Å². The van der Waals surface area contributed by atoms with Crippen molar-refractivity contribution in [2.24, 2.45) is 0 Å². The van der Waals surface area contributed by atoms with Crippen molar-refractivity contribution in [1.82, 2.24) is 4.98 Å². The van der Waals surface area contributed by atoms with E-state index in [1.165, 1.54) is 12.3 Å². The van der Waals surface area contributed by atoms with Crippen molar-refractivity contribution in [3.05, 3.63) is 27.5 Å². The van der Waals surface area contributed by atoms with Crippen molar-refractivity contribution in [1.29, 1.82) is 4.78 Å². The Hall–Kier alpha value is -1.01. The first kappa shape index (κ1) is 11.1. The van der Waals surface area contributed by atoms with Gasteiger partial charge in [0.1, 0.15) is 4.90 Å². The van der Waals surface area contributed by atoms with Crippen molar-refractivity contribution in [2.45, 2.75) is 11.8 Å². The highest BCUT2D eigenvalue weighted by atomic mass is 35.5. The fraction of sp³-hybridized carbons (Fsp3) is 0.286. The Morgan fingerprint density at radius 3 is 2.93 bits per heavy atom. The van der Waals surface area contributed by atoms with Gasteiger partial charge in [-0.15, -0.1) is 0 Å². The maximum Gasteiger partial charge on any atom is 0.320 e. The minimum absolute atomic E-state index is 0.147. The molecule has 5 nitrogen and oxygen atoms in total. The second-order valence-electron chi connectivity index (χ2n) is 2.39. The number of halogens is 1. The van der Waals surface area contributed by atoms with Crippen molar-refractivity contribution in [3.8, 4) is 0 Å². The molecule has 1 heterocycles. The van der Waals surface area contributed by atoms with Gasteiger partial charge in [0.15, 0.2) is 0 Å². The fourth-order valence-corrected chi connectivity index (χ4v) is 2.16. The van der Waals surface area contributed by atoms with E-state index in [-0.39, 0.29) is 10.8 Å². The second kappa shape index (κ2) is 4.47. The molecule has 0 saturated heterocycles. The van der Waals surface area contributed by atoms with Crippen LogP contribution in [-0.4, -0.2) is 15.7 Å². The number of hydrogen-bond acceptors (Lipinski definition) is 4. The van der Waals surface area contributed by atoms with Gasteiger partial charge in [-0.3, -0.25) is 14.9 Å². The molecular weight excluding hydrogens is 226 g/mol. The number of nitrogens with zero attached hydrogens (tertiary/aromatic N) is 2. The predicted octanol–water partition coefficient (Wildman–Crippen LogP) is 2.40. The second-order valence-corrected chi connectivity index (χ2v) is 4.54. The lowest BCUT2D eigenvalue weighted by atomic mass is 10.4. The number of hydrogen-bond donors (Lipinski definition) is 1. The molecule has 0 radical (unpaired) electrons. The summed E-state index contributed by atoms with van der Waals surface area (Å²) in [7, 11) is -0.899. The highest BCUT2D eigenvalue weighted by Gasteiger charge is 2.21. The first-order chi connectivity index (χ1) is 6.57. The number of pyridine rings is 1. The van der Waals surface area contributed by atoms with Crippen LogP contribution in [0.1, 0.15) is 6.92 Å². The van der Waals surface area contributed by atoms with Crippen LogP contribution in [0.15, 0.2) is 17.2 Å². The van der Waals surface area contributed by atoms with E-state index in [1.54, 1.807) is 6.92 Å². The highest BCUT2D eigenvalue weighted by Crippen LogP contribution is 2.28. The molecule has 0 saturated carbocycles. The monoisotopic (exact) mass is 233 g/mol. The topological polar surface area (TPSA) is 79.9 Å². The zero-order chi connectivity index (χ0) is 10.7. The Bertz CT molecular complexity index is 397. The maximum atomic E-state index is 10.7. The van der Waals surface area contributed by atoms with Crippen LogP contribution < -0.4 is 0 Å². The van der Waals surface area contributed by atoms with Crippen LogP contribution in [0.25, 0.3) is 0 Å². The molecule has 1 rings (SSSR count). The Labute approximate surface area is 88.2 Å². The number of rotatable bonds is 3. The lowest BCUT2D eigenvalue weighted by Crippen LogP contribution is -2.00. The molecule has 1 unspecified atom stereocenters. The van der Waals surface area contributed by atoms with Crippen LogP contribution in [0, 0.1) is 14.9 Å². The zero-order valence-corrected chi connectivity index (χ0v) is 8.93. The third-order valence-corrected chi connectivity index (χ3v) is 3.29. The molecule has 14 heavy (non-hydrogen) atoms. The van der Waals surface area contributed by atoms with Crippen LogP contribution >= 0.6 is 11.6 Å². The first-order valence-corrected chi connectivity index (χ1v) is 5.56. The van der Waals surface area contributed by atoms with E-state index in [0.29, 0.717) is 10.6 Å². The summed E-state index contributed by atoms with van der Waals surface area (Å²) in [5.41, 5.74) is -0.241. The standard InChI is InChI=1S/C7H8ClN3O2S/c1-2-14(9)5-3-4-10-7(8)6(5)11(12)13/h3-4,9H,2H2,1H3. The third-order valence-electron chi connectivity index (χ3n) is 1.58. The molecule has 7 heteroatoms. The largest absolute Gasteiger partial charge is 0.320 e. The van der Waals surface area contributed by atoms with E-state index < -0.39 is 15.6 Å². The molecule has 0 aliphatic rings. The molecule has 0 fully saturated rings. The average molecular weight is 234 g/mol. The summed E-state index contributed by atoms with van der Waals surface area (Å²) in [6.07, 6.45) is 1.38. The molecule has 0 bridgehead atoms. The summed E-state index contributed by atoms with van der Waals surface area (Å²) >= 11 is 5.59. The summed E-state index contributed by atoms with van der Waals surface area (Å²) in [5, 5.41) is 10.5. The van der Waals surface area contributed by atoms with Gasteiger partial charge in [0.25, 0.3) is 0 Å². The average Bonchev–Trinajstić information content (AvgIpc) is 2.15. The molecule has 0 amide bonds. The Morgan fingerprint density at radius 1 is 1.79 bits per heavy atom. The smallest absolute Gasteiger partial charge is 0.275 e. The number of aromatic nitrogens is 1. The molecule has 1 N–H and O–H groups in total. The normalized spacial score (nSPS) is 12.4. The minimum Gasteiger partial charge on any atom is -0.275 e. The SMILES string of the molecule is CCS(=N)c1ccnc(Cl)c1[N+](=O)[O-]. The quantitative estimate of drug-likeness (QED) is 0.495. The van der Waals surface area contributed by atoms with Crippen molar-refractivity contribution in [3.63, 3.8) is 0 Å². The molecule has 1 atom stereocenters. The van der Waals surface area contributed by atoms with Gasteiger partial charge in [-0.1, -0.05) is 29.2 Å². The van der Waals surface area contributed by atoms with Crippen LogP contribution in [0.5, 0.6) is 0 Å².